The van der Waals surface area contributed by atoms with Crippen molar-refractivity contribution in [2.24, 2.45) is 0 Å². The molecule has 0 bridgehead atoms. The molecule has 0 amide bonds. The summed E-state index contributed by atoms with van der Waals surface area (Å²) in [5.41, 5.74) is 6.27. The summed E-state index contributed by atoms with van der Waals surface area (Å²) in [4.78, 5) is 4.78. The Balaban J connectivity index is 1.27. The lowest BCUT2D eigenvalue weighted by atomic mass is 10.1. The summed E-state index contributed by atoms with van der Waals surface area (Å²) in [5.74, 6) is 1.13. The van der Waals surface area contributed by atoms with Gasteiger partial charge in [-0.3, -0.25) is 0 Å². The Morgan fingerprint density at radius 3 is 2.49 bits per heavy atom. The van der Waals surface area contributed by atoms with Crippen molar-refractivity contribution in [3.05, 3.63) is 106 Å². The highest BCUT2D eigenvalue weighted by molar-refractivity contribution is 7.21. The first-order valence-electron chi connectivity index (χ1n) is 12.0. The fraction of sp³-hybridized carbons (Fsp3) is 0.167. The van der Waals surface area contributed by atoms with Gasteiger partial charge in [-0.15, -0.1) is 11.3 Å². The van der Waals surface area contributed by atoms with E-state index in [9.17, 15) is 0 Å². The molecule has 0 unspecified atom stereocenters. The van der Waals surface area contributed by atoms with Crippen LogP contribution < -0.4 is 14.8 Å². The van der Waals surface area contributed by atoms with Gasteiger partial charge in [-0.2, -0.15) is 0 Å². The van der Waals surface area contributed by atoms with E-state index < -0.39 is 0 Å². The normalized spacial score (nSPS) is 11.0. The van der Waals surface area contributed by atoms with Gasteiger partial charge in [0, 0.05) is 28.4 Å². The minimum absolute atomic E-state index is 0.303. The molecule has 1 aromatic heterocycles. The van der Waals surface area contributed by atoms with E-state index in [0.29, 0.717) is 41.3 Å². The van der Waals surface area contributed by atoms with Gasteiger partial charge >= 0.3 is 0 Å². The van der Waals surface area contributed by atoms with Crippen LogP contribution in [0.15, 0.2) is 78.9 Å². The van der Waals surface area contributed by atoms with Crippen molar-refractivity contribution >= 4 is 50.4 Å². The maximum absolute atomic E-state index is 6.62. The quantitative estimate of drug-likeness (QED) is 0.199. The molecule has 0 radical (unpaired) electrons. The van der Waals surface area contributed by atoms with Gasteiger partial charge in [0.2, 0.25) is 0 Å². The van der Waals surface area contributed by atoms with E-state index in [2.05, 4.69) is 54.7 Å². The Hall–Kier alpha value is -3.25. The predicted molar refractivity (Wildman–Crippen MR) is 156 cm³/mol. The Morgan fingerprint density at radius 2 is 1.70 bits per heavy atom. The molecule has 4 aromatic carbocycles. The van der Waals surface area contributed by atoms with Crippen LogP contribution in [0.2, 0.25) is 10.0 Å². The lowest BCUT2D eigenvalue weighted by Gasteiger charge is -2.16. The van der Waals surface area contributed by atoms with Gasteiger partial charge < -0.3 is 14.8 Å². The van der Waals surface area contributed by atoms with Crippen molar-refractivity contribution in [2.75, 3.05) is 11.9 Å². The molecule has 0 fully saturated rings. The molecule has 0 aliphatic rings. The second-order valence-corrected chi connectivity index (χ2v) is 10.5. The minimum atomic E-state index is 0.303. The molecule has 1 heterocycles. The first-order valence-corrected chi connectivity index (χ1v) is 13.6. The molecular formula is C30H26Cl2N2O2S. The van der Waals surface area contributed by atoms with Gasteiger partial charge in [-0.1, -0.05) is 47.5 Å². The molecular weight excluding hydrogens is 523 g/mol. The number of rotatable bonds is 9. The number of hydrogen-bond acceptors (Lipinski definition) is 5. The van der Waals surface area contributed by atoms with E-state index in [-0.39, 0.29) is 0 Å². The molecule has 0 saturated heterocycles. The summed E-state index contributed by atoms with van der Waals surface area (Å²) in [7, 11) is 0. The molecule has 1 N–H and O–H groups in total. The van der Waals surface area contributed by atoms with Crippen molar-refractivity contribution in [3.63, 3.8) is 0 Å². The van der Waals surface area contributed by atoms with Gasteiger partial charge in [0.1, 0.15) is 11.6 Å². The fourth-order valence-electron chi connectivity index (χ4n) is 3.98. The zero-order valence-electron chi connectivity index (χ0n) is 20.6. The number of nitrogens with zero attached hydrogens (tertiary/aromatic N) is 1. The number of aryl methyl sites for hydroxylation is 1. The molecule has 188 valence electrons. The van der Waals surface area contributed by atoms with Gasteiger partial charge in [-0.05, 0) is 79.6 Å². The van der Waals surface area contributed by atoms with Crippen molar-refractivity contribution < 1.29 is 9.47 Å². The maximum Gasteiger partial charge on any atom is 0.180 e. The largest absolute Gasteiger partial charge is 0.490 e. The van der Waals surface area contributed by atoms with E-state index in [1.807, 2.05) is 43.3 Å². The smallest absolute Gasteiger partial charge is 0.180 e. The van der Waals surface area contributed by atoms with Crippen molar-refractivity contribution in [2.45, 2.75) is 27.0 Å². The topological polar surface area (TPSA) is 43.4 Å². The molecule has 0 atom stereocenters. The number of aromatic nitrogens is 1. The molecule has 5 aromatic rings. The van der Waals surface area contributed by atoms with Crippen LogP contribution in [0.1, 0.15) is 23.6 Å². The maximum atomic E-state index is 6.62. The van der Waals surface area contributed by atoms with Crippen LogP contribution in [-0.4, -0.2) is 11.6 Å². The summed E-state index contributed by atoms with van der Waals surface area (Å²) in [5, 5.41) is 5.64. The lowest BCUT2D eigenvalue weighted by Crippen LogP contribution is -2.04. The predicted octanol–water partition coefficient (Wildman–Crippen LogP) is 9.17. The van der Waals surface area contributed by atoms with Crippen LogP contribution in [0.5, 0.6) is 11.5 Å². The first-order chi connectivity index (χ1) is 18.0. The Labute approximate surface area is 230 Å². The highest BCUT2D eigenvalue weighted by atomic mass is 35.5. The number of anilines is 1. The summed E-state index contributed by atoms with van der Waals surface area (Å²) in [6.07, 6.45) is 0. The Kier molecular flexibility index (Phi) is 7.85. The lowest BCUT2D eigenvalue weighted by molar-refractivity contribution is 0.269. The second-order valence-electron chi connectivity index (χ2n) is 8.64. The van der Waals surface area contributed by atoms with E-state index >= 15 is 0 Å². The van der Waals surface area contributed by atoms with E-state index in [4.69, 9.17) is 37.7 Å². The third-order valence-electron chi connectivity index (χ3n) is 5.87. The van der Waals surface area contributed by atoms with E-state index in [0.717, 1.165) is 32.9 Å². The zero-order chi connectivity index (χ0) is 25.8. The van der Waals surface area contributed by atoms with Crippen molar-refractivity contribution in [3.8, 4) is 22.1 Å². The number of hydrogen-bond donors (Lipinski definition) is 1. The third kappa shape index (κ3) is 6.02. The van der Waals surface area contributed by atoms with Gasteiger partial charge in [0.15, 0.2) is 11.5 Å². The fourth-order valence-corrected chi connectivity index (χ4v) is 5.53. The number of nitrogens with one attached hydrogen (secondary N) is 1. The number of fused-ring (bicyclic) bond motifs is 1. The van der Waals surface area contributed by atoms with Crippen LogP contribution in [0.4, 0.5) is 5.69 Å². The van der Waals surface area contributed by atoms with Crippen LogP contribution in [0, 0.1) is 6.92 Å². The summed E-state index contributed by atoms with van der Waals surface area (Å²) in [6, 6.07) is 26.1. The first kappa shape index (κ1) is 25.4. The molecule has 0 aliphatic carbocycles. The number of benzene rings is 4. The average Bonchev–Trinajstić information content (AvgIpc) is 3.32. The summed E-state index contributed by atoms with van der Waals surface area (Å²) < 4.78 is 13.1. The monoisotopic (exact) mass is 548 g/mol. The van der Waals surface area contributed by atoms with Crippen LogP contribution >= 0.6 is 34.5 Å². The average molecular weight is 550 g/mol. The summed E-state index contributed by atoms with van der Waals surface area (Å²) in [6.45, 7) is 5.43. The van der Waals surface area contributed by atoms with Gasteiger partial charge in [0.05, 0.1) is 21.8 Å². The highest BCUT2D eigenvalue weighted by Crippen LogP contribution is 2.38. The van der Waals surface area contributed by atoms with Gasteiger partial charge in [-0.25, -0.2) is 4.98 Å². The highest BCUT2D eigenvalue weighted by Gasteiger charge is 2.14. The van der Waals surface area contributed by atoms with E-state index in [1.54, 1.807) is 11.3 Å². The molecule has 37 heavy (non-hydrogen) atoms. The minimum Gasteiger partial charge on any atom is -0.490 e. The van der Waals surface area contributed by atoms with Crippen molar-refractivity contribution in [1.82, 2.24) is 4.98 Å². The molecule has 7 heteroatoms. The molecule has 0 saturated carbocycles. The van der Waals surface area contributed by atoms with Crippen LogP contribution in [0.25, 0.3) is 20.8 Å². The number of thiazole rings is 1. The Morgan fingerprint density at radius 1 is 0.892 bits per heavy atom. The molecule has 5 rings (SSSR count). The molecule has 4 nitrogen and oxygen atoms in total. The summed E-state index contributed by atoms with van der Waals surface area (Å²) >= 11 is 14.6. The van der Waals surface area contributed by atoms with E-state index in [1.165, 1.54) is 10.3 Å². The second kappa shape index (κ2) is 11.4. The van der Waals surface area contributed by atoms with Crippen molar-refractivity contribution in [1.29, 1.82) is 0 Å². The number of ether oxygens (including phenoxy) is 2. The molecule has 0 spiro atoms. The third-order valence-corrected chi connectivity index (χ3v) is 7.59. The number of halogens is 2. The SMILES string of the molecule is CCOc1cc(CNc2ccc(-c3nc4ccc(C)cc4s3)cc2)cc(Cl)c1OCc1ccccc1Cl. The zero-order valence-corrected chi connectivity index (χ0v) is 22.9. The van der Waals surface area contributed by atoms with Crippen LogP contribution in [0.3, 0.4) is 0 Å². The van der Waals surface area contributed by atoms with Gasteiger partial charge in [0.25, 0.3) is 0 Å². The Bertz CT molecular complexity index is 1530. The van der Waals surface area contributed by atoms with Crippen LogP contribution in [-0.2, 0) is 13.2 Å². The molecule has 0 aliphatic heterocycles. The standard InChI is InChI=1S/C30H26Cl2N2O2S/c1-3-35-27-16-20(15-25(32)29(27)36-18-22-6-4-5-7-24(22)31)17-33-23-11-9-21(10-12-23)30-34-26-13-8-19(2)14-28(26)37-30/h4-16,33H,3,17-18H2,1-2H3.